The summed E-state index contributed by atoms with van der Waals surface area (Å²) >= 11 is 0. The van der Waals surface area contributed by atoms with E-state index in [1.807, 2.05) is 4.90 Å². The zero-order chi connectivity index (χ0) is 12.2. The molecule has 1 amide bonds. The molecule has 1 fully saturated rings. The zero-order valence-corrected chi connectivity index (χ0v) is 11.0. The summed E-state index contributed by atoms with van der Waals surface area (Å²) in [4.78, 5) is 13.9. The van der Waals surface area contributed by atoms with Crippen molar-refractivity contribution in [2.75, 3.05) is 19.6 Å². The molecule has 0 aromatic carbocycles. The molecule has 0 saturated carbocycles. The highest BCUT2D eigenvalue weighted by Gasteiger charge is 2.33. The van der Waals surface area contributed by atoms with E-state index in [1.54, 1.807) is 0 Å². The smallest absolute Gasteiger partial charge is 0.222 e. The van der Waals surface area contributed by atoms with E-state index in [9.17, 15) is 4.79 Å². The molecule has 1 unspecified atom stereocenters. The lowest BCUT2D eigenvalue weighted by atomic mass is 9.80. The van der Waals surface area contributed by atoms with E-state index >= 15 is 0 Å². The standard InChI is InChI=1S/C13H26N2O/c1-13(2,3)11-7-9-15(10-11)12(16)6-4-5-8-14/h11H,4-10,14H2,1-3H3. The largest absolute Gasteiger partial charge is 0.342 e. The average Bonchev–Trinajstić information content (AvgIpc) is 2.66. The van der Waals surface area contributed by atoms with Gasteiger partial charge in [0.2, 0.25) is 5.91 Å². The van der Waals surface area contributed by atoms with E-state index in [-0.39, 0.29) is 0 Å². The number of rotatable bonds is 4. The van der Waals surface area contributed by atoms with Crippen LogP contribution in [-0.4, -0.2) is 30.4 Å². The predicted octanol–water partition coefficient (Wildman–Crippen LogP) is 2.01. The number of likely N-dealkylation sites (tertiary alicyclic amines) is 1. The molecule has 0 aliphatic carbocycles. The van der Waals surface area contributed by atoms with Crippen molar-refractivity contribution >= 4 is 5.91 Å². The van der Waals surface area contributed by atoms with Crippen molar-refractivity contribution in [2.45, 2.75) is 46.5 Å². The summed E-state index contributed by atoms with van der Waals surface area (Å²) in [6.45, 7) is 9.38. The Morgan fingerprint density at radius 3 is 2.56 bits per heavy atom. The zero-order valence-electron chi connectivity index (χ0n) is 11.0. The maximum absolute atomic E-state index is 11.9. The monoisotopic (exact) mass is 226 g/mol. The number of unbranched alkanes of at least 4 members (excludes halogenated alkanes) is 1. The van der Waals surface area contributed by atoms with Gasteiger partial charge in [-0.05, 0) is 37.1 Å². The fourth-order valence-electron chi connectivity index (χ4n) is 2.27. The van der Waals surface area contributed by atoms with Gasteiger partial charge in [-0.15, -0.1) is 0 Å². The van der Waals surface area contributed by atoms with Crippen LogP contribution in [0.5, 0.6) is 0 Å². The van der Waals surface area contributed by atoms with Gasteiger partial charge in [-0.1, -0.05) is 20.8 Å². The normalized spacial score (nSPS) is 21.5. The third-order valence-corrected chi connectivity index (χ3v) is 3.61. The highest BCUT2D eigenvalue weighted by molar-refractivity contribution is 5.76. The maximum Gasteiger partial charge on any atom is 0.222 e. The van der Waals surface area contributed by atoms with Crippen molar-refractivity contribution in [3.63, 3.8) is 0 Å². The van der Waals surface area contributed by atoms with Gasteiger partial charge in [-0.25, -0.2) is 0 Å². The van der Waals surface area contributed by atoms with Crippen LogP contribution in [0.4, 0.5) is 0 Å². The molecule has 94 valence electrons. The number of amides is 1. The average molecular weight is 226 g/mol. The Bertz CT molecular complexity index is 233. The summed E-state index contributed by atoms with van der Waals surface area (Å²) in [6, 6.07) is 0. The van der Waals surface area contributed by atoms with Gasteiger partial charge in [0.05, 0.1) is 0 Å². The molecule has 1 rings (SSSR count). The molecule has 1 heterocycles. The van der Waals surface area contributed by atoms with Crippen LogP contribution < -0.4 is 5.73 Å². The molecule has 3 nitrogen and oxygen atoms in total. The summed E-state index contributed by atoms with van der Waals surface area (Å²) < 4.78 is 0. The molecule has 0 radical (unpaired) electrons. The Balaban J connectivity index is 2.32. The number of nitrogens with zero attached hydrogens (tertiary/aromatic N) is 1. The molecule has 0 bridgehead atoms. The van der Waals surface area contributed by atoms with Crippen LogP contribution in [0.25, 0.3) is 0 Å². The van der Waals surface area contributed by atoms with Crippen LogP contribution in [-0.2, 0) is 4.79 Å². The van der Waals surface area contributed by atoms with Gasteiger partial charge < -0.3 is 10.6 Å². The lowest BCUT2D eigenvalue weighted by Crippen LogP contribution is -2.31. The third-order valence-electron chi connectivity index (χ3n) is 3.61. The second kappa shape index (κ2) is 5.67. The van der Waals surface area contributed by atoms with Gasteiger partial charge in [0, 0.05) is 19.5 Å². The Labute approximate surface area is 99.4 Å². The summed E-state index contributed by atoms with van der Waals surface area (Å²) in [5, 5.41) is 0. The van der Waals surface area contributed by atoms with E-state index in [0.29, 0.717) is 30.2 Å². The molecular weight excluding hydrogens is 200 g/mol. The second-order valence-electron chi connectivity index (χ2n) is 5.94. The fourth-order valence-corrected chi connectivity index (χ4v) is 2.27. The maximum atomic E-state index is 11.9. The third kappa shape index (κ3) is 3.78. The van der Waals surface area contributed by atoms with Crippen LogP contribution in [0.3, 0.4) is 0 Å². The highest BCUT2D eigenvalue weighted by atomic mass is 16.2. The molecule has 2 N–H and O–H groups in total. The molecule has 3 heteroatoms. The SMILES string of the molecule is CC(C)(C)C1CCN(C(=O)CCCCN)C1. The lowest BCUT2D eigenvalue weighted by molar-refractivity contribution is -0.130. The Kier molecular flexibility index (Phi) is 4.78. The summed E-state index contributed by atoms with van der Waals surface area (Å²) in [5.74, 6) is 0.978. The Hall–Kier alpha value is -0.570. The molecule has 1 atom stereocenters. The van der Waals surface area contributed by atoms with Gasteiger partial charge in [-0.2, -0.15) is 0 Å². The molecule has 1 aliphatic heterocycles. The minimum absolute atomic E-state index is 0.320. The van der Waals surface area contributed by atoms with E-state index in [0.717, 1.165) is 32.4 Å². The Morgan fingerprint density at radius 1 is 1.38 bits per heavy atom. The molecule has 16 heavy (non-hydrogen) atoms. The van der Waals surface area contributed by atoms with Crippen LogP contribution in [0.2, 0.25) is 0 Å². The summed E-state index contributed by atoms with van der Waals surface area (Å²) in [5.41, 5.74) is 5.75. The predicted molar refractivity (Wildman–Crippen MR) is 67.0 cm³/mol. The van der Waals surface area contributed by atoms with Gasteiger partial charge in [0.1, 0.15) is 0 Å². The van der Waals surface area contributed by atoms with Gasteiger partial charge in [0.15, 0.2) is 0 Å². The molecule has 0 aromatic heterocycles. The van der Waals surface area contributed by atoms with E-state index in [1.165, 1.54) is 0 Å². The van der Waals surface area contributed by atoms with Crippen molar-refractivity contribution in [1.82, 2.24) is 4.90 Å². The molecule has 0 aromatic rings. The summed E-state index contributed by atoms with van der Waals surface area (Å²) in [7, 11) is 0. The number of carbonyl (C=O) groups excluding carboxylic acids is 1. The van der Waals surface area contributed by atoms with Crippen molar-refractivity contribution in [1.29, 1.82) is 0 Å². The van der Waals surface area contributed by atoms with Gasteiger partial charge in [0.25, 0.3) is 0 Å². The number of nitrogens with two attached hydrogens (primary N) is 1. The van der Waals surface area contributed by atoms with E-state index in [2.05, 4.69) is 20.8 Å². The topological polar surface area (TPSA) is 46.3 Å². The number of hydrogen-bond acceptors (Lipinski definition) is 2. The van der Waals surface area contributed by atoms with E-state index < -0.39 is 0 Å². The fraction of sp³-hybridized carbons (Fsp3) is 0.923. The molecular formula is C13H26N2O. The second-order valence-corrected chi connectivity index (χ2v) is 5.94. The highest BCUT2D eigenvalue weighted by Crippen LogP contribution is 2.33. The van der Waals surface area contributed by atoms with Crippen LogP contribution >= 0.6 is 0 Å². The molecule has 1 aliphatic rings. The summed E-state index contributed by atoms with van der Waals surface area (Å²) in [6.07, 6.45) is 3.73. The van der Waals surface area contributed by atoms with Crippen LogP contribution in [0.15, 0.2) is 0 Å². The number of carbonyl (C=O) groups is 1. The molecule has 1 saturated heterocycles. The first-order valence-electron chi connectivity index (χ1n) is 6.43. The van der Waals surface area contributed by atoms with Crippen molar-refractivity contribution in [3.8, 4) is 0 Å². The first-order chi connectivity index (χ1) is 7.45. The van der Waals surface area contributed by atoms with Crippen molar-refractivity contribution in [2.24, 2.45) is 17.1 Å². The minimum Gasteiger partial charge on any atom is -0.342 e. The minimum atomic E-state index is 0.320. The van der Waals surface area contributed by atoms with Crippen LogP contribution in [0, 0.1) is 11.3 Å². The van der Waals surface area contributed by atoms with Crippen LogP contribution in [0.1, 0.15) is 46.5 Å². The quantitative estimate of drug-likeness (QED) is 0.745. The van der Waals surface area contributed by atoms with Crippen molar-refractivity contribution in [3.05, 3.63) is 0 Å². The van der Waals surface area contributed by atoms with Crippen molar-refractivity contribution < 1.29 is 4.79 Å². The first kappa shape index (κ1) is 13.5. The van der Waals surface area contributed by atoms with E-state index in [4.69, 9.17) is 5.73 Å². The van der Waals surface area contributed by atoms with Gasteiger partial charge in [-0.3, -0.25) is 4.79 Å². The Morgan fingerprint density at radius 2 is 2.06 bits per heavy atom. The molecule has 0 spiro atoms. The lowest BCUT2D eigenvalue weighted by Gasteiger charge is -2.27. The number of hydrogen-bond donors (Lipinski definition) is 1. The van der Waals surface area contributed by atoms with Gasteiger partial charge >= 0.3 is 0 Å². The first-order valence-corrected chi connectivity index (χ1v) is 6.43.